The number of nitrogens with one attached hydrogen (secondary N) is 2. The minimum Gasteiger partial charge on any atom is -0.468 e. The molecule has 0 aromatic carbocycles. The SMILES string of the molecule is CCC(NCC(=O)NC(C)(C)C)c1ccco1. The Morgan fingerprint density at radius 2 is 2.18 bits per heavy atom. The first-order chi connectivity index (χ1) is 7.92. The molecule has 2 N–H and O–H groups in total. The molecule has 0 saturated carbocycles. The van der Waals surface area contributed by atoms with Crippen LogP contribution in [0.4, 0.5) is 0 Å². The van der Waals surface area contributed by atoms with Crippen molar-refractivity contribution >= 4 is 5.91 Å². The van der Waals surface area contributed by atoms with Crippen LogP contribution in [0.5, 0.6) is 0 Å². The second-order valence-electron chi connectivity index (χ2n) is 5.16. The Morgan fingerprint density at radius 1 is 1.47 bits per heavy atom. The van der Waals surface area contributed by atoms with E-state index in [-0.39, 0.29) is 17.5 Å². The Morgan fingerprint density at radius 3 is 2.65 bits per heavy atom. The van der Waals surface area contributed by atoms with Gasteiger partial charge in [-0.25, -0.2) is 0 Å². The largest absolute Gasteiger partial charge is 0.468 e. The Kier molecular flexibility index (Phi) is 4.75. The minimum atomic E-state index is -0.189. The maximum atomic E-state index is 11.6. The smallest absolute Gasteiger partial charge is 0.234 e. The molecular weight excluding hydrogens is 216 g/mol. The monoisotopic (exact) mass is 238 g/mol. The summed E-state index contributed by atoms with van der Waals surface area (Å²) in [5.41, 5.74) is -0.189. The molecule has 0 spiro atoms. The van der Waals surface area contributed by atoms with Gasteiger partial charge >= 0.3 is 0 Å². The third kappa shape index (κ3) is 5.04. The number of carbonyl (C=O) groups excluding carboxylic acids is 1. The molecule has 4 heteroatoms. The lowest BCUT2D eigenvalue weighted by atomic mass is 10.1. The van der Waals surface area contributed by atoms with E-state index in [1.54, 1.807) is 6.26 Å². The van der Waals surface area contributed by atoms with Gasteiger partial charge in [0, 0.05) is 5.54 Å². The minimum absolute atomic E-state index is 0.00232. The van der Waals surface area contributed by atoms with Crippen molar-refractivity contribution < 1.29 is 9.21 Å². The van der Waals surface area contributed by atoms with Gasteiger partial charge < -0.3 is 9.73 Å². The molecule has 1 amide bonds. The lowest BCUT2D eigenvalue weighted by Crippen LogP contribution is -2.45. The van der Waals surface area contributed by atoms with E-state index in [9.17, 15) is 4.79 Å². The molecule has 0 aliphatic carbocycles. The van der Waals surface area contributed by atoms with Crippen LogP contribution < -0.4 is 10.6 Å². The summed E-state index contributed by atoms with van der Waals surface area (Å²) in [4.78, 5) is 11.6. The van der Waals surface area contributed by atoms with E-state index < -0.39 is 0 Å². The predicted molar refractivity (Wildman–Crippen MR) is 67.6 cm³/mol. The first kappa shape index (κ1) is 13.8. The summed E-state index contributed by atoms with van der Waals surface area (Å²) in [5.74, 6) is 0.874. The van der Waals surface area contributed by atoms with Crippen LogP contribution in [-0.2, 0) is 4.79 Å². The van der Waals surface area contributed by atoms with Crippen LogP contribution in [-0.4, -0.2) is 18.0 Å². The quantitative estimate of drug-likeness (QED) is 0.827. The first-order valence-electron chi connectivity index (χ1n) is 6.00. The Labute approximate surface area is 103 Å². The molecule has 0 radical (unpaired) electrons. The van der Waals surface area contributed by atoms with E-state index in [1.807, 2.05) is 32.9 Å². The van der Waals surface area contributed by atoms with E-state index >= 15 is 0 Å². The van der Waals surface area contributed by atoms with Gasteiger partial charge in [-0.3, -0.25) is 10.1 Å². The topological polar surface area (TPSA) is 54.3 Å². The molecule has 0 aliphatic rings. The fourth-order valence-electron chi connectivity index (χ4n) is 1.61. The molecule has 0 aliphatic heterocycles. The molecule has 17 heavy (non-hydrogen) atoms. The summed E-state index contributed by atoms with van der Waals surface area (Å²) in [6.07, 6.45) is 2.53. The van der Waals surface area contributed by atoms with Crippen molar-refractivity contribution in [2.75, 3.05) is 6.54 Å². The Balaban J connectivity index is 2.41. The zero-order valence-corrected chi connectivity index (χ0v) is 11.0. The standard InChI is InChI=1S/C13H22N2O2/c1-5-10(11-7-6-8-17-11)14-9-12(16)15-13(2,3)4/h6-8,10,14H,5,9H2,1-4H3,(H,15,16). The van der Waals surface area contributed by atoms with Crippen LogP contribution in [0.1, 0.15) is 45.9 Å². The fraction of sp³-hybridized carbons (Fsp3) is 0.615. The van der Waals surface area contributed by atoms with Gasteiger partial charge in [-0.1, -0.05) is 6.92 Å². The van der Waals surface area contributed by atoms with Gasteiger partial charge in [-0.05, 0) is 39.3 Å². The maximum absolute atomic E-state index is 11.6. The van der Waals surface area contributed by atoms with Crippen LogP contribution in [0.25, 0.3) is 0 Å². The highest BCUT2D eigenvalue weighted by Gasteiger charge is 2.16. The molecule has 96 valence electrons. The van der Waals surface area contributed by atoms with Gasteiger partial charge in [0.2, 0.25) is 5.91 Å². The highest BCUT2D eigenvalue weighted by molar-refractivity contribution is 5.78. The summed E-state index contributed by atoms with van der Waals surface area (Å²) in [6, 6.07) is 3.87. The number of amides is 1. The molecule has 4 nitrogen and oxygen atoms in total. The van der Waals surface area contributed by atoms with Crippen molar-refractivity contribution in [3.63, 3.8) is 0 Å². The zero-order chi connectivity index (χ0) is 12.9. The lowest BCUT2D eigenvalue weighted by Gasteiger charge is -2.21. The van der Waals surface area contributed by atoms with Crippen molar-refractivity contribution in [1.29, 1.82) is 0 Å². The number of hydrogen-bond donors (Lipinski definition) is 2. The van der Waals surface area contributed by atoms with Gasteiger partial charge in [0.1, 0.15) is 5.76 Å². The van der Waals surface area contributed by atoms with Crippen LogP contribution in [0.15, 0.2) is 22.8 Å². The molecule has 0 fully saturated rings. The molecule has 1 atom stereocenters. The normalized spacial score (nSPS) is 13.4. The van der Waals surface area contributed by atoms with E-state index in [0.29, 0.717) is 6.54 Å². The number of hydrogen-bond acceptors (Lipinski definition) is 3. The summed E-state index contributed by atoms with van der Waals surface area (Å²) in [5, 5.41) is 6.10. The fourth-order valence-corrected chi connectivity index (χ4v) is 1.61. The van der Waals surface area contributed by atoms with Crippen LogP contribution in [0.3, 0.4) is 0 Å². The van der Waals surface area contributed by atoms with Crippen molar-refractivity contribution in [2.24, 2.45) is 0 Å². The Bertz CT molecular complexity index is 339. The third-order valence-electron chi connectivity index (χ3n) is 2.32. The van der Waals surface area contributed by atoms with Crippen molar-refractivity contribution in [3.05, 3.63) is 24.2 Å². The van der Waals surface area contributed by atoms with Gasteiger partial charge in [0.15, 0.2) is 0 Å². The molecular formula is C13H22N2O2. The van der Waals surface area contributed by atoms with Crippen molar-refractivity contribution in [2.45, 2.75) is 45.7 Å². The van der Waals surface area contributed by atoms with Gasteiger partial charge in [-0.2, -0.15) is 0 Å². The molecule has 1 unspecified atom stereocenters. The maximum Gasteiger partial charge on any atom is 0.234 e. The summed E-state index contributed by atoms with van der Waals surface area (Å²) in [6.45, 7) is 8.26. The summed E-state index contributed by atoms with van der Waals surface area (Å²) < 4.78 is 5.33. The molecule has 1 rings (SSSR count). The van der Waals surface area contributed by atoms with Crippen molar-refractivity contribution in [1.82, 2.24) is 10.6 Å². The highest BCUT2D eigenvalue weighted by atomic mass is 16.3. The van der Waals surface area contributed by atoms with Crippen molar-refractivity contribution in [3.8, 4) is 0 Å². The van der Waals surface area contributed by atoms with Gasteiger partial charge in [0.05, 0.1) is 18.8 Å². The third-order valence-corrected chi connectivity index (χ3v) is 2.32. The van der Waals surface area contributed by atoms with E-state index in [2.05, 4.69) is 17.6 Å². The zero-order valence-electron chi connectivity index (χ0n) is 11.0. The van der Waals surface area contributed by atoms with Gasteiger partial charge in [-0.15, -0.1) is 0 Å². The second kappa shape index (κ2) is 5.87. The number of rotatable bonds is 5. The molecule has 0 bridgehead atoms. The van der Waals surface area contributed by atoms with E-state index in [4.69, 9.17) is 4.42 Å². The average Bonchev–Trinajstić information content (AvgIpc) is 2.69. The molecule has 1 aromatic heterocycles. The highest BCUT2D eigenvalue weighted by Crippen LogP contribution is 2.16. The second-order valence-corrected chi connectivity index (χ2v) is 5.16. The molecule has 1 heterocycles. The number of carbonyl (C=O) groups is 1. The number of furan rings is 1. The molecule has 1 aromatic rings. The predicted octanol–water partition coefficient (Wildman–Crippen LogP) is 2.23. The van der Waals surface area contributed by atoms with Crippen LogP contribution in [0.2, 0.25) is 0 Å². The lowest BCUT2D eigenvalue weighted by molar-refractivity contribution is -0.121. The van der Waals surface area contributed by atoms with Crippen LogP contribution >= 0.6 is 0 Å². The van der Waals surface area contributed by atoms with Crippen LogP contribution in [0, 0.1) is 0 Å². The Hall–Kier alpha value is -1.29. The first-order valence-corrected chi connectivity index (χ1v) is 6.00. The van der Waals surface area contributed by atoms with Gasteiger partial charge in [0.25, 0.3) is 0 Å². The van der Waals surface area contributed by atoms with E-state index in [1.165, 1.54) is 0 Å². The molecule has 0 saturated heterocycles. The average molecular weight is 238 g/mol. The summed E-state index contributed by atoms with van der Waals surface area (Å²) in [7, 11) is 0. The van der Waals surface area contributed by atoms with E-state index in [0.717, 1.165) is 12.2 Å². The summed E-state index contributed by atoms with van der Waals surface area (Å²) >= 11 is 0.